The van der Waals surface area contributed by atoms with Gasteiger partial charge in [0.25, 0.3) is 6.43 Å². The van der Waals surface area contributed by atoms with Crippen molar-refractivity contribution < 1.29 is 8.78 Å². The summed E-state index contributed by atoms with van der Waals surface area (Å²) in [4.78, 5) is 0. The van der Waals surface area contributed by atoms with E-state index in [9.17, 15) is 8.78 Å². The van der Waals surface area contributed by atoms with E-state index in [-0.39, 0.29) is 12.6 Å². The van der Waals surface area contributed by atoms with E-state index in [4.69, 9.17) is 11.6 Å². The van der Waals surface area contributed by atoms with Gasteiger partial charge in [0.15, 0.2) is 0 Å². The molecule has 0 saturated carbocycles. The van der Waals surface area contributed by atoms with Crippen LogP contribution >= 0.6 is 11.6 Å². The number of halogens is 3. The van der Waals surface area contributed by atoms with E-state index in [1.54, 1.807) is 6.07 Å². The minimum atomic E-state index is -2.33. The van der Waals surface area contributed by atoms with Crippen molar-refractivity contribution in [2.24, 2.45) is 0 Å². The molecule has 0 spiro atoms. The summed E-state index contributed by atoms with van der Waals surface area (Å²) in [6.07, 6.45) is -2.33. The van der Waals surface area contributed by atoms with Crippen molar-refractivity contribution in [3.63, 3.8) is 0 Å². The minimum Gasteiger partial charge on any atom is -0.305 e. The lowest BCUT2D eigenvalue weighted by Gasteiger charge is -2.14. The third-order valence-corrected chi connectivity index (χ3v) is 2.29. The molecule has 78 valence electrons. The Morgan fingerprint density at radius 1 is 1.36 bits per heavy atom. The zero-order valence-electron chi connectivity index (χ0n) is 7.81. The highest BCUT2D eigenvalue weighted by Crippen LogP contribution is 2.21. The van der Waals surface area contributed by atoms with Crippen molar-refractivity contribution in [1.82, 2.24) is 5.32 Å². The average molecular weight is 220 g/mol. The van der Waals surface area contributed by atoms with Crippen molar-refractivity contribution in [1.29, 1.82) is 0 Å². The Labute approximate surface area is 87.1 Å². The first-order valence-corrected chi connectivity index (χ1v) is 4.75. The smallest absolute Gasteiger partial charge is 0.250 e. The quantitative estimate of drug-likeness (QED) is 0.820. The van der Waals surface area contributed by atoms with E-state index in [1.165, 1.54) is 0 Å². The number of alkyl halides is 2. The van der Waals surface area contributed by atoms with Crippen LogP contribution in [0.5, 0.6) is 0 Å². The Hall–Kier alpha value is -0.670. The molecule has 0 radical (unpaired) electrons. The first-order chi connectivity index (χ1) is 6.61. The Kier molecular flexibility index (Phi) is 4.29. The molecule has 1 atom stereocenters. The largest absolute Gasteiger partial charge is 0.305 e. The van der Waals surface area contributed by atoms with E-state index >= 15 is 0 Å². The van der Waals surface area contributed by atoms with Crippen LogP contribution in [-0.4, -0.2) is 13.0 Å². The summed E-state index contributed by atoms with van der Waals surface area (Å²) in [5, 5.41) is 3.30. The van der Waals surface area contributed by atoms with Crippen LogP contribution < -0.4 is 5.32 Å². The van der Waals surface area contributed by atoms with Crippen LogP contribution in [0.1, 0.15) is 18.5 Å². The number of benzene rings is 1. The summed E-state index contributed by atoms with van der Waals surface area (Å²) in [7, 11) is 0. The SMILES string of the molecule is CC(NCC(F)F)c1ccccc1Cl. The Morgan fingerprint density at radius 2 is 2.00 bits per heavy atom. The van der Waals surface area contributed by atoms with E-state index < -0.39 is 6.43 Å². The Morgan fingerprint density at radius 3 is 2.57 bits per heavy atom. The zero-order chi connectivity index (χ0) is 10.6. The van der Waals surface area contributed by atoms with Crippen molar-refractivity contribution in [3.8, 4) is 0 Å². The van der Waals surface area contributed by atoms with Crippen molar-refractivity contribution >= 4 is 11.6 Å². The average Bonchev–Trinajstić information content (AvgIpc) is 2.15. The van der Waals surface area contributed by atoms with Gasteiger partial charge in [-0.25, -0.2) is 8.78 Å². The number of hydrogen-bond donors (Lipinski definition) is 1. The molecule has 0 fully saturated rings. The first-order valence-electron chi connectivity index (χ1n) is 4.37. The predicted molar refractivity (Wildman–Crippen MR) is 53.9 cm³/mol. The van der Waals surface area contributed by atoms with Gasteiger partial charge in [-0.15, -0.1) is 0 Å². The molecule has 4 heteroatoms. The molecule has 14 heavy (non-hydrogen) atoms. The fourth-order valence-corrected chi connectivity index (χ4v) is 1.50. The van der Waals surface area contributed by atoms with Gasteiger partial charge < -0.3 is 5.32 Å². The third-order valence-electron chi connectivity index (χ3n) is 1.95. The van der Waals surface area contributed by atoms with Crippen molar-refractivity contribution in [2.75, 3.05) is 6.54 Å². The van der Waals surface area contributed by atoms with Gasteiger partial charge in [0, 0.05) is 11.1 Å². The maximum absolute atomic E-state index is 11.9. The topological polar surface area (TPSA) is 12.0 Å². The monoisotopic (exact) mass is 219 g/mol. The van der Waals surface area contributed by atoms with Gasteiger partial charge in [-0.05, 0) is 18.6 Å². The molecule has 0 aliphatic heterocycles. The van der Waals surface area contributed by atoms with Gasteiger partial charge in [-0.3, -0.25) is 0 Å². The van der Waals surface area contributed by atoms with E-state index in [0.717, 1.165) is 5.56 Å². The van der Waals surface area contributed by atoms with E-state index in [2.05, 4.69) is 5.32 Å². The molecular formula is C10H12ClF2N. The minimum absolute atomic E-state index is 0.155. The van der Waals surface area contributed by atoms with Crippen LogP contribution in [0.3, 0.4) is 0 Å². The third kappa shape index (κ3) is 3.24. The van der Waals surface area contributed by atoms with Gasteiger partial charge >= 0.3 is 0 Å². The van der Waals surface area contributed by atoms with Crippen LogP contribution in [0.15, 0.2) is 24.3 Å². The van der Waals surface area contributed by atoms with Crippen LogP contribution in [0.25, 0.3) is 0 Å². The molecule has 1 aromatic rings. The number of rotatable bonds is 4. The molecule has 0 bridgehead atoms. The van der Waals surface area contributed by atoms with Gasteiger partial charge in [0.2, 0.25) is 0 Å². The van der Waals surface area contributed by atoms with Crippen LogP contribution in [0, 0.1) is 0 Å². The highest BCUT2D eigenvalue weighted by Gasteiger charge is 2.10. The van der Waals surface area contributed by atoms with E-state index in [0.29, 0.717) is 5.02 Å². The second-order valence-corrected chi connectivity index (χ2v) is 3.45. The van der Waals surface area contributed by atoms with Crippen LogP contribution in [0.2, 0.25) is 5.02 Å². The van der Waals surface area contributed by atoms with E-state index in [1.807, 2.05) is 25.1 Å². The fourth-order valence-electron chi connectivity index (χ4n) is 1.20. The van der Waals surface area contributed by atoms with Gasteiger partial charge in [0.1, 0.15) is 0 Å². The molecule has 1 unspecified atom stereocenters. The summed E-state index contributed by atoms with van der Waals surface area (Å²) >= 11 is 5.91. The molecule has 1 aromatic carbocycles. The lowest BCUT2D eigenvalue weighted by molar-refractivity contribution is 0.142. The second kappa shape index (κ2) is 5.27. The standard InChI is InChI=1S/C10H12ClF2N/c1-7(14-6-10(12)13)8-4-2-3-5-9(8)11/h2-5,7,10,14H,6H2,1H3. The van der Waals surface area contributed by atoms with Crippen LogP contribution in [-0.2, 0) is 0 Å². The van der Waals surface area contributed by atoms with Crippen molar-refractivity contribution in [2.45, 2.75) is 19.4 Å². The normalized spacial score (nSPS) is 13.2. The Bertz CT molecular complexity index is 291. The molecular weight excluding hydrogens is 208 g/mol. The Balaban J connectivity index is 2.60. The molecule has 1 rings (SSSR count). The lowest BCUT2D eigenvalue weighted by atomic mass is 10.1. The van der Waals surface area contributed by atoms with Gasteiger partial charge in [0.05, 0.1) is 6.54 Å². The van der Waals surface area contributed by atoms with Gasteiger partial charge in [-0.2, -0.15) is 0 Å². The molecule has 0 aromatic heterocycles. The van der Waals surface area contributed by atoms with Crippen LogP contribution in [0.4, 0.5) is 8.78 Å². The molecule has 0 amide bonds. The fraction of sp³-hybridized carbons (Fsp3) is 0.400. The highest BCUT2D eigenvalue weighted by molar-refractivity contribution is 6.31. The molecule has 0 aliphatic carbocycles. The predicted octanol–water partition coefficient (Wildman–Crippen LogP) is 3.26. The molecule has 1 N–H and O–H groups in total. The number of nitrogens with one attached hydrogen (secondary N) is 1. The number of hydrogen-bond acceptors (Lipinski definition) is 1. The molecule has 0 heterocycles. The maximum atomic E-state index is 11.9. The van der Waals surface area contributed by atoms with Crippen molar-refractivity contribution in [3.05, 3.63) is 34.9 Å². The van der Waals surface area contributed by atoms with Gasteiger partial charge in [-0.1, -0.05) is 29.8 Å². The zero-order valence-corrected chi connectivity index (χ0v) is 8.56. The highest BCUT2D eigenvalue weighted by atomic mass is 35.5. The first kappa shape index (κ1) is 11.4. The summed E-state index contributed by atoms with van der Waals surface area (Å²) in [6, 6.07) is 7.06. The summed E-state index contributed by atoms with van der Waals surface area (Å²) in [6.45, 7) is 1.50. The summed E-state index contributed by atoms with van der Waals surface area (Å²) < 4.78 is 23.8. The maximum Gasteiger partial charge on any atom is 0.250 e. The second-order valence-electron chi connectivity index (χ2n) is 3.04. The molecule has 0 saturated heterocycles. The summed E-state index contributed by atoms with van der Waals surface area (Å²) in [5.74, 6) is 0. The molecule has 0 aliphatic rings. The summed E-state index contributed by atoms with van der Waals surface area (Å²) in [5.41, 5.74) is 0.842. The molecule has 1 nitrogen and oxygen atoms in total. The lowest BCUT2D eigenvalue weighted by Crippen LogP contribution is -2.24.